The fourth-order valence-corrected chi connectivity index (χ4v) is 3.66. The third-order valence-corrected chi connectivity index (χ3v) is 5.46. The number of hydrogen-bond donors (Lipinski definition) is 3. The van der Waals surface area contributed by atoms with Crippen LogP contribution < -0.4 is 15.0 Å². The average Bonchev–Trinajstić information content (AvgIpc) is 3.21. The van der Waals surface area contributed by atoms with Gasteiger partial charge in [0.2, 0.25) is 0 Å². The maximum atomic E-state index is 14.8. The predicted octanol–water partition coefficient (Wildman–Crippen LogP) is 2.10. The van der Waals surface area contributed by atoms with E-state index in [1.165, 1.54) is 36.9 Å². The van der Waals surface area contributed by atoms with E-state index >= 15 is 0 Å². The number of imidazole rings is 1. The number of aromatic amines is 2. The molecule has 30 heavy (non-hydrogen) atoms. The minimum Gasteiger partial charge on any atom is -0.317 e. The van der Waals surface area contributed by atoms with E-state index in [9.17, 15) is 22.0 Å². The van der Waals surface area contributed by atoms with Crippen LogP contribution in [0.5, 0.6) is 0 Å². The molecule has 0 aliphatic carbocycles. The molecule has 0 fully saturated rings. The maximum Gasteiger partial charge on any atom is 0.299 e. The van der Waals surface area contributed by atoms with E-state index in [0.29, 0.717) is 11.2 Å². The van der Waals surface area contributed by atoms with E-state index in [1.807, 2.05) is 4.72 Å². The van der Waals surface area contributed by atoms with Crippen molar-refractivity contribution in [1.82, 2.24) is 15.0 Å². The molecule has 4 N–H and O–H groups in total. The molecule has 0 aliphatic rings. The molecule has 12 heteroatoms. The number of hydrogen-bond acceptors (Lipinski definition) is 5. The second-order valence-corrected chi connectivity index (χ2v) is 7.77. The second-order valence-electron chi connectivity index (χ2n) is 6.09. The van der Waals surface area contributed by atoms with E-state index in [2.05, 4.69) is 25.3 Å². The van der Waals surface area contributed by atoms with Gasteiger partial charge in [0.05, 0.1) is 11.3 Å². The number of sulfonamides is 1. The van der Waals surface area contributed by atoms with Crippen molar-refractivity contribution >= 4 is 38.5 Å². The average molecular weight is 431 g/mol. The molecule has 0 aliphatic heterocycles. The Labute approximate surface area is 168 Å². The molecule has 0 radical (unpaired) electrons. The van der Waals surface area contributed by atoms with Gasteiger partial charge >= 0.3 is 0 Å². The van der Waals surface area contributed by atoms with E-state index in [0.717, 1.165) is 18.3 Å². The molecule has 1 aromatic carbocycles. The molecule has 3 heterocycles. The minimum atomic E-state index is -4.17. The molecule has 3 aromatic heterocycles. The first-order valence-corrected chi connectivity index (χ1v) is 9.90. The van der Waals surface area contributed by atoms with E-state index < -0.39 is 38.9 Å². The van der Waals surface area contributed by atoms with Crippen molar-refractivity contribution in [3.63, 3.8) is 0 Å². The lowest BCUT2D eigenvalue weighted by atomic mass is 10.2. The summed E-state index contributed by atoms with van der Waals surface area (Å²) in [6.07, 6.45) is 5.19. The van der Waals surface area contributed by atoms with Gasteiger partial charge in [-0.25, -0.2) is 22.2 Å². The van der Waals surface area contributed by atoms with Gasteiger partial charge in [0, 0.05) is 12.4 Å². The smallest absolute Gasteiger partial charge is 0.299 e. The molecule has 1 amide bonds. The number of anilines is 2. The van der Waals surface area contributed by atoms with Crippen LogP contribution in [0.3, 0.4) is 0 Å². The molecule has 0 bridgehead atoms. The topological polar surface area (TPSA) is 131 Å². The number of benzene rings is 1. The first kappa shape index (κ1) is 19.4. The second kappa shape index (κ2) is 7.48. The number of carbonyl (C=O) groups is 1. The number of H-pyrrole nitrogens is 2. The zero-order valence-electron chi connectivity index (χ0n) is 15.0. The van der Waals surface area contributed by atoms with Gasteiger partial charge in [-0.3, -0.25) is 19.5 Å². The van der Waals surface area contributed by atoms with E-state index in [4.69, 9.17) is 0 Å². The van der Waals surface area contributed by atoms with Crippen LogP contribution in [0, 0.1) is 11.6 Å². The van der Waals surface area contributed by atoms with E-state index in [-0.39, 0.29) is 10.5 Å². The van der Waals surface area contributed by atoms with Gasteiger partial charge in [0.25, 0.3) is 21.6 Å². The molecular weight excluding hydrogens is 418 g/mol. The zero-order valence-corrected chi connectivity index (χ0v) is 15.8. The normalized spacial score (nSPS) is 11.4. The Morgan fingerprint density at radius 1 is 1.17 bits per heavy atom. The summed E-state index contributed by atoms with van der Waals surface area (Å²) >= 11 is 0. The van der Waals surface area contributed by atoms with Crippen molar-refractivity contribution in [2.75, 3.05) is 10.0 Å². The number of carbonyl (C=O) groups excluding carboxylic acids is 1. The lowest BCUT2D eigenvalue weighted by Crippen LogP contribution is -2.18. The Morgan fingerprint density at radius 3 is 2.77 bits per heavy atom. The van der Waals surface area contributed by atoms with Gasteiger partial charge in [-0.1, -0.05) is 0 Å². The summed E-state index contributed by atoms with van der Waals surface area (Å²) in [5, 5.41) is 2.12. The van der Waals surface area contributed by atoms with Gasteiger partial charge in [0.15, 0.2) is 17.7 Å². The summed E-state index contributed by atoms with van der Waals surface area (Å²) in [7, 11) is -4.17. The van der Waals surface area contributed by atoms with Crippen LogP contribution in [0.4, 0.5) is 20.2 Å². The summed E-state index contributed by atoms with van der Waals surface area (Å²) < 4.78 is 55.8. The number of pyridine rings is 2. The quantitative estimate of drug-likeness (QED) is 0.445. The molecule has 4 aromatic rings. The van der Waals surface area contributed by atoms with Gasteiger partial charge < -0.3 is 5.32 Å². The number of amides is 1. The van der Waals surface area contributed by atoms with Gasteiger partial charge in [-0.05, 0) is 30.3 Å². The van der Waals surface area contributed by atoms with Crippen molar-refractivity contribution < 1.29 is 27.0 Å². The van der Waals surface area contributed by atoms with Crippen LogP contribution in [0.2, 0.25) is 0 Å². The maximum absolute atomic E-state index is 14.8. The minimum absolute atomic E-state index is 0.0403. The fraction of sp³-hybridized carbons (Fsp3) is 0. The van der Waals surface area contributed by atoms with Crippen LogP contribution >= 0.6 is 0 Å². The summed E-state index contributed by atoms with van der Waals surface area (Å²) in [4.78, 5) is 25.6. The molecule has 0 atom stereocenters. The lowest BCUT2D eigenvalue weighted by molar-refractivity contribution is -0.347. The highest BCUT2D eigenvalue weighted by Gasteiger charge is 2.22. The summed E-state index contributed by atoms with van der Waals surface area (Å²) in [5.74, 6) is -3.19. The highest BCUT2D eigenvalue weighted by molar-refractivity contribution is 7.92. The molecular formula is C18H13F2N6O3S+. The third kappa shape index (κ3) is 3.67. The summed E-state index contributed by atoms with van der Waals surface area (Å²) in [6.45, 7) is 0. The number of fused-ring (bicyclic) bond motifs is 1. The predicted molar refractivity (Wildman–Crippen MR) is 102 cm³/mol. The lowest BCUT2D eigenvalue weighted by Gasteiger charge is -2.13. The Morgan fingerprint density at radius 2 is 2.00 bits per heavy atom. The Balaban J connectivity index is 1.63. The standard InChI is InChI=1S/C18H12F2N6O3S/c19-12-3-4-13(26-30(28,29)11-2-1-5-21-8-11)15(20)16(12)25-18(27)10-6-14-17(22-7-10)24-9-23-14/h1-9,26H,(H,25,27)(H,22,23,24)/p+1. The number of nitrogens with zero attached hydrogens (tertiary/aromatic N) is 2. The van der Waals surface area contributed by atoms with Crippen molar-refractivity contribution in [2.24, 2.45) is 0 Å². The largest absolute Gasteiger partial charge is 0.317 e. The summed E-state index contributed by atoms with van der Waals surface area (Å²) in [6, 6.07) is 5.85. The molecule has 9 nitrogen and oxygen atoms in total. The molecule has 0 spiro atoms. The van der Waals surface area contributed by atoms with Crippen LogP contribution in [-0.4, -0.2) is 29.3 Å². The van der Waals surface area contributed by atoms with Crippen molar-refractivity contribution in [3.8, 4) is 0 Å². The van der Waals surface area contributed by atoms with Crippen molar-refractivity contribution in [2.45, 2.75) is 4.90 Å². The van der Waals surface area contributed by atoms with Gasteiger partial charge in [-0.15, -0.1) is 4.98 Å². The molecule has 4 rings (SSSR count). The van der Waals surface area contributed by atoms with Crippen LogP contribution in [-0.2, 0) is 10.0 Å². The zero-order chi connectivity index (χ0) is 21.3. The molecule has 152 valence electrons. The molecule has 0 saturated carbocycles. The molecule has 0 saturated heterocycles. The Hall–Kier alpha value is -3.93. The SMILES string of the molecule is O=C(Nc1c(F)ccc(NS(=O)(=O)c2cccnc2)c1F)c1cnc2[nH+]c[nH]c2c1. The first-order valence-electron chi connectivity index (χ1n) is 8.42. The number of halogens is 2. The fourth-order valence-electron chi connectivity index (χ4n) is 2.64. The summed E-state index contributed by atoms with van der Waals surface area (Å²) in [5.41, 5.74) is -0.289. The first-order chi connectivity index (χ1) is 14.3. The Bertz CT molecular complexity index is 1360. The van der Waals surface area contributed by atoms with Crippen molar-refractivity contribution in [3.05, 3.63) is 72.4 Å². The van der Waals surface area contributed by atoms with Crippen LogP contribution in [0.15, 0.2) is 60.1 Å². The highest BCUT2D eigenvalue weighted by Crippen LogP contribution is 2.28. The number of rotatable bonds is 5. The monoisotopic (exact) mass is 431 g/mol. The molecule has 0 unspecified atom stereocenters. The van der Waals surface area contributed by atoms with Crippen LogP contribution in [0.1, 0.15) is 10.4 Å². The number of nitrogens with one attached hydrogen (secondary N) is 4. The van der Waals surface area contributed by atoms with Gasteiger partial charge in [0.1, 0.15) is 22.6 Å². The highest BCUT2D eigenvalue weighted by atomic mass is 32.2. The van der Waals surface area contributed by atoms with Crippen molar-refractivity contribution in [1.29, 1.82) is 0 Å². The third-order valence-electron chi connectivity index (χ3n) is 4.11. The number of aromatic nitrogens is 4. The van der Waals surface area contributed by atoms with Gasteiger partial charge in [-0.2, -0.15) is 0 Å². The van der Waals surface area contributed by atoms with E-state index in [1.54, 1.807) is 0 Å². The Kier molecular flexibility index (Phi) is 4.83. The van der Waals surface area contributed by atoms with Crippen LogP contribution in [0.25, 0.3) is 11.2 Å².